The minimum absolute atomic E-state index is 0.0820. The highest BCUT2D eigenvalue weighted by Gasteiger charge is 2.31. The Kier molecular flexibility index (Phi) is 4.20. The molecule has 0 amide bonds. The molecule has 1 saturated carbocycles. The first-order valence-electron chi connectivity index (χ1n) is 6.52. The molecule has 2 heterocycles. The minimum atomic E-state index is -0.578. The number of halogens is 2. The number of methoxy groups -OCH3 is 1. The Hall–Kier alpha value is -1.44. The normalized spacial score (nSPS) is 14.0. The van der Waals surface area contributed by atoms with E-state index < -0.39 is 5.97 Å². The lowest BCUT2D eigenvalue weighted by Crippen LogP contribution is -2.16. The number of carbonyl (C=O) groups is 1. The second-order valence-electron chi connectivity index (χ2n) is 4.84. The number of nitrogens with zero attached hydrogens (tertiary/aromatic N) is 4. The predicted octanol–water partition coefficient (Wildman–Crippen LogP) is 3.67. The van der Waals surface area contributed by atoms with E-state index in [9.17, 15) is 4.79 Å². The van der Waals surface area contributed by atoms with Crippen LogP contribution in [0.1, 0.15) is 35.1 Å². The monoisotopic (exact) mass is 358 g/mol. The molecule has 1 aliphatic rings. The quantitative estimate of drug-likeness (QED) is 0.776. The van der Waals surface area contributed by atoms with Gasteiger partial charge in [-0.3, -0.25) is 0 Å². The summed E-state index contributed by atoms with van der Waals surface area (Å²) in [5, 5.41) is 0.923. The molecule has 0 spiro atoms. The second-order valence-corrected chi connectivity index (χ2v) is 6.81. The summed E-state index contributed by atoms with van der Waals surface area (Å²) in [6.07, 6.45) is 3.65. The van der Waals surface area contributed by atoms with Gasteiger partial charge in [0.15, 0.2) is 16.0 Å². The number of anilines is 2. The highest BCUT2D eigenvalue weighted by atomic mass is 35.5. The molecule has 22 heavy (non-hydrogen) atoms. The van der Waals surface area contributed by atoms with Gasteiger partial charge >= 0.3 is 5.97 Å². The van der Waals surface area contributed by atoms with E-state index in [1.54, 1.807) is 18.1 Å². The molecule has 6 nitrogen and oxygen atoms in total. The van der Waals surface area contributed by atoms with Crippen LogP contribution in [0.4, 0.5) is 10.8 Å². The lowest BCUT2D eigenvalue weighted by atomic mass is 10.3. The second kappa shape index (κ2) is 5.98. The third kappa shape index (κ3) is 2.88. The van der Waals surface area contributed by atoms with Gasteiger partial charge in [0.05, 0.1) is 13.3 Å². The number of rotatable bonds is 4. The highest BCUT2D eigenvalue weighted by Crippen LogP contribution is 2.41. The van der Waals surface area contributed by atoms with Crippen molar-refractivity contribution < 1.29 is 9.53 Å². The molecule has 1 aliphatic carbocycles. The third-order valence-corrected chi connectivity index (χ3v) is 4.83. The van der Waals surface area contributed by atoms with Crippen LogP contribution in [0.2, 0.25) is 9.49 Å². The fraction of sp³-hybridized carbons (Fsp3) is 0.385. The Bertz CT molecular complexity index is 733. The Balaban J connectivity index is 2.08. The first kappa shape index (κ1) is 15.5. The van der Waals surface area contributed by atoms with Gasteiger partial charge in [-0.15, -0.1) is 0 Å². The molecular formula is C13H12Cl2N4O2S. The van der Waals surface area contributed by atoms with Crippen molar-refractivity contribution in [1.29, 1.82) is 0 Å². The molecule has 116 valence electrons. The van der Waals surface area contributed by atoms with Crippen LogP contribution in [0.5, 0.6) is 0 Å². The largest absolute Gasteiger partial charge is 0.464 e. The molecule has 2 aromatic rings. The summed E-state index contributed by atoms with van der Waals surface area (Å²) in [5.41, 5.74) is 0.0820. The standard InChI is InChI=1S/C13H12Cl2N4O2S/c1-19(7-5-16-13(15)22-7)11-8(14)9(12(20)21-2)17-10(18-11)6-3-4-6/h5-6H,3-4H2,1-2H3. The van der Waals surface area contributed by atoms with E-state index in [1.165, 1.54) is 18.4 Å². The minimum Gasteiger partial charge on any atom is -0.464 e. The lowest BCUT2D eigenvalue weighted by molar-refractivity contribution is 0.0593. The molecular weight excluding hydrogens is 347 g/mol. The van der Waals surface area contributed by atoms with Gasteiger partial charge in [0, 0.05) is 13.0 Å². The fourth-order valence-electron chi connectivity index (χ4n) is 1.93. The van der Waals surface area contributed by atoms with E-state index in [1.807, 2.05) is 0 Å². The number of ether oxygens (including phenoxy) is 1. The molecule has 0 atom stereocenters. The van der Waals surface area contributed by atoms with Crippen molar-refractivity contribution in [3.63, 3.8) is 0 Å². The van der Waals surface area contributed by atoms with E-state index >= 15 is 0 Å². The van der Waals surface area contributed by atoms with Gasteiger partial charge in [0.2, 0.25) is 0 Å². The highest BCUT2D eigenvalue weighted by molar-refractivity contribution is 7.19. The van der Waals surface area contributed by atoms with E-state index in [-0.39, 0.29) is 16.6 Å². The molecule has 0 unspecified atom stereocenters. The molecule has 1 fully saturated rings. The van der Waals surface area contributed by atoms with Crippen LogP contribution < -0.4 is 4.90 Å². The van der Waals surface area contributed by atoms with Crippen molar-refractivity contribution >= 4 is 51.3 Å². The summed E-state index contributed by atoms with van der Waals surface area (Å²) in [6.45, 7) is 0. The maximum absolute atomic E-state index is 11.9. The Morgan fingerprint density at radius 2 is 2.14 bits per heavy atom. The van der Waals surface area contributed by atoms with Gasteiger partial charge in [-0.25, -0.2) is 19.7 Å². The molecule has 9 heteroatoms. The van der Waals surface area contributed by atoms with Gasteiger partial charge in [0.1, 0.15) is 15.8 Å². The molecule has 0 N–H and O–H groups in total. The zero-order valence-electron chi connectivity index (χ0n) is 11.8. The van der Waals surface area contributed by atoms with Gasteiger partial charge in [-0.05, 0) is 12.8 Å². The van der Waals surface area contributed by atoms with E-state index in [4.69, 9.17) is 27.9 Å². The van der Waals surface area contributed by atoms with Gasteiger partial charge in [0.25, 0.3) is 0 Å². The van der Waals surface area contributed by atoms with Gasteiger partial charge < -0.3 is 9.64 Å². The molecule has 0 saturated heterocycles. The van der Waals surface area contributed by atoms with Crippen LogP contribution >= 0.6 is 34.5 Å². The molecule has 0 aromatic carbocycles. The van der Waals surface area contributed by atoms with E-state index in [0.717, 1.165) is 17.8 Å². The van der Waals surface area contributed by atoms with Crippen molar-refractivity contribution in [2.24, 2.45) is 0 Å². The zero-order valence-corrected chi connectivity index (χ0v) is 14.2. The molecule has 0 radical (unpaired) electrons. The fourth-order valence-corrected chi connectivity index (χ4v) is 3.12. The van der Waals surface area contributed by atoms with Crippen LogP contribution in [0.3, 0.4) is 0 Å². The average Bonchev–Trinajstić information content (AvgIpc) is 3.27. The van der Waals surface area contributed by atoms with Crippen molar-refractivity contribution in [3.8, 4) is 0 Å². The lowest BCUT2D eigenvalue weighted by Gasteiger charge is -2.18. The summed E-state index contributed by atoms with van der Waals surface area (Å²) >= 11 is 13.5. The smallest absolute Gasteiger partial charge is 0.358 e. The summed E-state index contributed by atoms with van der Waals surface area (Å²) in [6, 6.07) is 0. The van der Waals surface area contributed by atoms with E-state index in [0.29, 0.717) is 16.1 Å². The first-order chi connectivity index (χ1) is 10.5. The number of aromatic nitrogens is 3. The van der Waals surface area contributed by atoms with Crippen LogP contribution in [-0.4, -0.2) is 35.1 Å². The summed E-state index contributed by atoms with van der Waals surface area (Å²) in [7, 11) is 3.08. The van der Waals surface area contributed by atoms with Crippen molar-refractivity contribution in [3.05, 3.63) is 27.2 Å². The SMILES string of the molecule is COC(=O)c1nc(C2CC2)nc(N(C)c2cnc(Cl)s2)c1Cl. The molecule has 2 aromatic heterocycles. The summed E-state index contributed by atoms with van der Waals surface area (Å²) in [4.78, 5) is 26.4. The predicted molar refractivity (Wildman–Crippen MR) is 85.5 cm³/mol. The topological polar surface area (TPSA) is 68.2 Å². The molecule has 0 bridgehead atoms. The number of esters is 1. The number of hydrogen-bond acceptors (Lipinski definition) is 7. The van der Waals surface area contributed by atoms with Crippen molar-refractivity contribution in [2.45, 2.75) is 18.8 Å². The van der Waals surface area contributed by atoms with Crippen LogP contribution in [0.25, 0.3) is 0 Å². The first-order valence-corrected chi connectivity index (χ1v) is 8.09. The molecule has 3 rings (SSSR count). The maximum Gasteiger partial charge on any atom is 0.358 e. The number of carbonyl (C=O) groups excluding carboxylic acids is 1. The number of hydrogen-bond donors (Lipinski definition) is 0. The average molecular weight is 359 g/mol. The van der Waals surface area contributed by atoms with Crippen molar-refractivity contribution in [2.75, 3.05) is 19.1 Å². The number of thiazole rings is 1. The van der Waals surface area contributed by atoms with Crippen LogP contribution in [0.15, 0.2) is 6.20 Å². The maximum atomic E-state index is 11.9. The van der Waals surface area contributed by atoms with Crippen LogP contribution in [0, 0.1) is 0 Å². The Morgan fingerprint density at radius 3 is 2.68 bits per heavy atom. The van der Waals surface area contributed by atoms with Gasteiger partial charge in [-0.2, -0.15) is 0 Å². The Labute approximate surface area is 141 Å². The molecule has 0 aliphatic heterocycles. The van der Waals surface area contributed by atoms with Crippen LogP contribution in [-0.2, 0) is 4.74 Å². The summed E-state index contributed by atoms with van der Waals surface area (Å²) in [5.74, 6) is 0.755. The van der Waals surface area contributed by atoms with E-state index in [2.05, 4.69) is 15.0 Å². The van der Waals surface area contributed by atoms with Gasteiger partial charge in [-0.1, -0.05) is 34.5 Å². The Morgan fingerprint density at radius 1 is 1.41 bits per heavy atom. The zero-order chi connectivity index (χ0) is 15.9. The van der Waals surface area contributed by atoms with Crippen molar-refractivity contribution in [1.82, 2.24) is 15.0 Å². The summed E-state index contributed by atoms with van der Waals surface area (Å²) < 4.78 is 5.17. The third-order valence-electron chi connectivity index (χ3n) is 3.29.